The Balaban J connectivity index is 3.26. The number of rotatable bonds is 4. The monoisotopic (exact) mass is 242 g/mol. The van der Waals surface area contributed by atoms with Gasteiger partial charge in [0.2, 0.25) is 0 Å². The highest BCUT2D eigenvalue weighted by atomic mass is 19.1. The van der Waals surface area contributed by atoms with E-state index >= 15 is 0 Å². The molecule has 0 N–H and O–H groups in total. The van der Waals surface area contributed by atoms with Crippen LogP contribution in [0.3, 0.4) is 0 Å². The number of allylic oxidation sites excluding steroid dienone is 2. The number of benzene rings is 1. The van der Waals surface area contributed by atoms with Crippen LogP contribution in [0.25, 0.3) is 5.57 Å². The van der Waals surface area contributed by atoms with E-state index in [0.717, 1.165) is 11.1 Å². The number of nitriles is 1. The standard InChI is InChI=1S/C15H15FN2/c1-4-12-9-15(16)14(8-13(12)10-17)11(3)6-7-18-5-2/h5-9H,2,4H2,1,3H3/b11-6+,18-7?. The minimum absolute atomic E-state index is 0.313. The highest BCUT2D eigenvalue weighted by Gasteiger charge is 2.09. The minimum Gasteiger partial charge on any atom is -0.265 e. The van der Waals surface area contributed by atoms with Gasteiger partial charge in [-0.3, -0.25) is 4.99 Å². The minimum atomic E-state index is -0.313. The van der Waals surface area contributed by atoms with E-state index in [1.165, 1.54) is 12.3 Å². The summed E-state index contributed by atoms with van der Waals surface area (Å²) in [6.45, 7) is 7.13. The molecule has 1 aromatic rings. The van der Waals surface area contributed by atoms with E-state index in [4.69, 9.17) is 5.26 Å². The molecule has 1 aromatic carbocycles. The zero-order valence-electron chi connectivity index (χ0n) is 10.6. The van der Waals surface area contributed by atoms with Gasteiger partial charge in [-0.1, -0.05) is 13.5 Å². The molecule has 3 heteroatoms. The van der Waals surface area contributed by atoms with Gasteiger partial charge in [0, 0.05) is 18.0 Å². The molecule has 0 saturated carbocycles. The zero-order valence-corrected chi connectivity index (χ0v) is 10.6. The average Bonchev–Trinajstić information content (AvgIpc) is 2.38. The first-order valence-electron chi connectivity index (χ1n) is 5.67. The fourth-order valence-electron chi connectivity index (χ4n) is 1.62. The van der Waals surface area contributed by atoms with Crippen LogP contribution in [0.1, 0.15) is 30.5 Å². The fraction of sp³-hybridized carbons (Fsp3) is 0.200. The predicted molar refractivity (Wildman–Crippen MR) is 72.8 cm³/mol. The van der Waals surface area contributed by atoms with Gasteiger partial charge in [0.05, 0.1) is 11.6 Å². The van der Waals surface area contributed by atoms with Gasteiger partial charge in [0.1, 0.15) is 5.82 Å². The summed E-state index contributed by atoms with van der Waals surface area (Å²) in [5, 5.41) is 9.03. The van der Waals surface area contributed by atoms with Gasteiger partial charge >= 0.3 is 0 Å². The van der Waals surface area contributed by atoms with Gasteiger partial charge in [0.15, 0.2) is 0 Å². The summed E-state index contributed by atoms with van der Waals surface area (Å²) in [6, 6.07) is 5.10. The summed E-state index contributed by atoms with van der Waals surface area (Å²) in [5.74, 6) is -0.313. The molecule has 0 aliphatic carbocycles. The first-order chi connectivity index (χ1) is 8.63. The third-order valence-corrected chi connectivity index (χ3v) is 2.64. The van der Waals surface area contributed by atoms with Gasteiger partial charge < -0.3 is 0 Å². The van der Waals surface area contributed by atoms with E-state index in [9.17, 15) is 4.39 Å². The Hall–Kier alpha value is -2.21. The number of aliphatic imine (C=N–C) groups is 1. The van der Waals surface area contributed by atoms with Crippen molar-refractivity contribution in [2.75, 3.05) is 0 Å². The number of nitrogens with zero attached hydrogens (tertiary/aromatic N) is 2. The van der Waals surface area contributed by atoms with Crippen LogP contribution in [-0.4, -0.2) is 6.21 Å². The van der Waals surface area contributed by atoms with Crippen molar-refractivity contribution in [2.45, 2.75) is 20.3 Å². The molecule has 0 amide bonds. The maximum Gasteiger partial charge on any atom is 0.131 e. The summed E-state index contributed by atoms with van der Waals surface area (Å²) in [6.07, 6.45) is 5.27. The summed E-state index contributed by atoms with van der Waals surface area (Å²) in [5.41, 5.74) is 2.39. The van der Waals surface area contributed by atoms with E-state index < -0.39 is 0 Å². The Morgan fingerprint density at radius 1 is 1.56 bits per heavy atom. The second-order valence-corrected chi connectivity index (χ2v) is 3.78. The second kappa shape index (κ2) is 6.51. The van der Waals surface area contributed by atoms with E-state index in [0.29, 0.717) is 17.5 Å². The maximum absolute atomic E-state index is 13.9. The van der Waals surface area contributed by atoms with Crippen LogP contribution in [0.5, 0.6) is 0 Å². The molecular formula is C15H15FN2. The fourth-order valence-corrected chi connectivity index (χ4v) is 1.62. The topological polar surface area (TPSA) is 36.1 Å². The average molecular weight is 242 g/mol. The third kappa shape index (κ3) is 3.14. The number of aryl methyl sites for hydroxylation is 1. The number of halogens is 1. The molecule has 2 nitrogen and oxygen atoms in total. The SMILES string of the molecule is C=CN=C/C=C(\C)c1cc(C#N)c(CC)cc1F. The quantitative estimate of drug-likeness (QED) is 0.738. The van der Waals surface area contributed by atoms with Crippen molar-refractivity contribution in [3.05, 3.63) is 53.5 Å². The molecule has 92 valence electrons. The zero-order chi connectivity index (χ0) is 13.5. The van der Waals surface area contributed by atoms with E-state index in [2.05, 4.69) is 17.6 Å². The summed E-state index contributed by atoms with van der Waals surface area (Å²) in [7, 11) is 0. The lowest BCUT2D eigenvalue weighted by Crippen LogP contribution is -1.95. The van der Waals surface area contributed by atoms with Crippen molar-refractivity contribution < 1.29 is 4.39 Å². The van der Waals surface area contributed by atoms with E-state index in [-0.39, 0.29) is 5.82 Å². The van der Waals surface area contributed by atoms with Crippen LogP contribution in [0.2, 0.25) is 0 Å². The molecule has 0 radical (unpaired) electrons. The molecule has 0 aliphatic rings. The van der Waals surface area contributed by atoms with Gasteiger partial charge in [0.25, 0.3) is 0 Å². The van der Waals surface area contributed by atoms with Crippen molar-refractivity contribution in [1.29, 1.82) is 5.26 Å². The van der Waals surface area contributed by atoms with E-state index in [1.54, 1.807) is 25.3 Å². The van der Waals surface area contributed by atoms with Crippen LogP contribution in [0.15, 0.2) is 36.0 Å². The molecule has 0 atom stereocenters. The molecule has 0 saturated heterocycles. The first kappa shape index (κ1) is 13.9. The predicted octanol–water partition coefficient (Wildman–Crippen LogP) is 3.88. The van der Waals surface area contributed by atoms with Crippen molar-refractivity contribution in [2.24, 2.45) is 4.99 Å². The highest BCUT2D eigenvalue weighted by Crippen LogP contribution is 2.22. The lowest BCUT2D eigenvalue weighted by atomic mass is 9.98. The summed E-state index contributed by atoms with van der Waals surface area (Å²) >= 11 is 0. The summed E-state index contributed by atoms with van der Waals surface area (Å²) in [4.78, 5) is 3.82. The second-order valence-electron chi connectivity index (χ2n) is 3.78. The molecule has 0 aromatic heterocycles. The molecular weight excluding hydrogens is 227 g/mol. The largest absolute Gasteiger partial charge is 0.265 e. The number of hydrogen-bond acceptors (Lipinski definition) is 2. The molecule has 0 aliphatic heterocycles. The summed E-state index contributed by atoms with van der Waals surface area (Å²) < 4.78 is 13.9. The highest BCUT2D eigenvalue weighted by molar-refractivity contribution is 5.84. The van der Waals surface area contributed by atoms with Crippen molar-refractivity contribution in [3.63, 3.8) is 0 Å². The molecule has 0 fully saturated rings. The molecule has 0 heterocycles. The van der Waals surface area contributed by atoms with Crippen LogP contribution in [-0.2, 0) is 6.42 Å². The Morgan fingerprint density at radius 3 is 2.83 bits per heavy atom. The van der Waals surface area contributed by atoms with Gasteiger partial charge in [-0.05, 0) is 42.7 Å². The lowest BCUT2D eigenvalue weighted by Gasteiger charge is -2.07. The van der Waals surface area contributed by atoms with Crippen LogP contribution in [0.4, 0.5) is 4.39 Å². The Kier molecular flexibility index (Phi) is 5.01. The first-order valence-corrected chi connectivity index (χ1v) is 5.67. The van der Waals surface area contributed by atoms with Crippen LogP contribution < -0.4 is 0 Å². The smallest absolute Gasteiger partial charge is 0.131 e. The molecule has 0 spiro atoms. The van der Waals surface area contributed by atoms with Crippen molar-refractivity contribution in [1.82, 2.24) is 0 Å². The van der Waals surface area contributed by atoms with Gasteiger partial charge in [-0.25, -0.2) is 4.39 Å². The maximum atomic E-state index is 13.9. The van der Waals surface area contributed by atoms with Gasteiger partial charge in [-0.2, -0.15) is 5.26 Å². The normalized spacial score (nSPS) is 11.6. The molecule has 18 heavy (non-hydrogen) atoms. The van der Waals surface area contributed by atoms with E-state index in [1.807, 2.05) is 6.92 Å². The lowest BCUT2D eigenvalue weighted by molar-refractivity contribution is 0.621. The van der Waals surface area contributed by atoms with Crippen molar-refractivity contribution in [3.8, 4) is 6.07 Å². The Labute approximate surface area is 107 Å². The van der Waals surface area contributed by atoms with Crippen LogP contribution in [0, 0.1) is 17.1 Å². The Morgan fingerprint density at radius 2 is 2.28 bits per heavy atom. The molecule has 0 bridgehead atoms. The molecule has 0 unspecified atom stereocenters. The van der Waals surface area contributed by atoms with Crippen molar-refractivity contribution >= 4 is 11.8 Å². The number of hydrogen-bond donors (Lipinski definition) is 0. The third-order valence-electron chi connectivity index (χ3n) is 2.64. The molecule has 1 rings (SSSR count). The van der Waals surface area contributed by atoms with Gasteiger partial charge in [-0.15, -0.1) is 0 Å². The van der Waals surface area contributed by atoms with Crippen LogP contribution >= 0.6 is 0 Å². The Bertz CT molecular complexity index is 548.